The molecule has 4 aromatic rings. The number of hydrogen-bond acceptors (Lipinski definition) is 12. The first kappa shape index (κ1) is 38.8. The Kier molecular flexibility index (Phi) is 11.4. The lowest BCUT2D eigenvalue weighted by atomic mass is 10.0. The largest absolute Gasteiger partial charge is 0.494 e. The minimum atomic E-state index is -1.07. The molecular weight excluding hydrogens is 761 g/mol. The van der Waals surface area contributed by atoms with Gasteiger partial charge in [-0.05, 0) is 42.8 Å². The van der Waals surface area contributed by atoms with Gasteiger partial charge >= 0.3 is 0 Å². The zero-order valence-electron chi connectivity index (χ0n) is 30.6. The molecule has 1 atom stereocenters. The van der Waals surface area contributed by atoms with Crippen molar-refractivity contribution in [1.82, 2.24) is 30.0 Å². The van der Waals surface area contributed by atoms with Gasteiger partial charge in [-0.25, -0.2) is 14.4 Å². The Morgan fingerprint density at radius 2 is 1.82 bits per heavy atom. The highest BCUT2D eigenvalue weighted by molar-refractivity contribution is 6.31. The number of carbonyl (C=O) groups excluding carboxylic acids is 6. The van der Waals surface area contributed by atoms with Crippen LogP contribution >= 0.6 is 11.6 Å². The number of imide groups is 2. The Morgan fingerprint density at radius 3 is 2.58 bits per heavy atom. The number of ether oxygens (including phenoxy) is 1. The predicted molar refractivity (Wildman–Crippen MR) is 208 cm³/mol. The molecule has 294 valence electrons. The van der Waals surface area contributed by atoms with Crippen LogP contribution in [0.3, 0.4) is 0 Å². The van der Waals surface area contributed by atoms with Crippen molar-refractivity contribution in [2.45, 2.75) is 25.3 Å². The molecule has 0 spiro atoms. The number of nitrogens with zero attached hydrogens (tertiary/aromatic N) is 5. The SMILES string of the molecule is COc1cc2ncnc(Nc3ccc(F)c(Cl)c3)c2cc1NC(=O)/C=C/CN1CCN(C(=O)CCNc2cccc3c2C(=O)N(C2CCC(=O)NC2=O)C3=O)CC1. The number of piperidine rings is 1. The Bertz CT molecular complexity index is 2330. The van der Waals surface area contributed by atoms with Crippen LogP contribution in [0.5, 0.6) is 5.75 Å². The van der Waals surface area contributed by atoms with Crippen LogP contribution in [-0.4, -0.2) is 113 Å². The normalized spacial score (nSPS) is 17.2. The minimum Gasteiger partial charge on any atom is -0.494 e. The third-order valence-corrected chi connectivity index (χ3v) is 10.2. The van der Waals surface area contributed by atoms with Crippen LogP contribution in [0.25, 0.3) is 10.9 Å². The summed E-state index contributed by atoms with van der Waals surface area (Å²) < 4.78 is 19.2. The average molecular weight is 798 g/mol. The molecule has 57 heavy (non-hydrogen) atoms. The Morgan fingerprint density at radius 1 is 1.02 bits per heavy atom. The lowest BCUT2D eigenvalue weighted by molar-refractivity contribution is -0.136. The molecular formula is C39H37ClFN9O7. The van der Waals surface area contributed by atoms with E-state index in [2.05, 4.69) is 36.1 Å². The molecule has 3 aliphatic heterocycles. The zero-order valence-corrected chi connectivity index (χ0v) is 31.4. The molecule has 0 bridgehead atoms. The van der Waals surface area contributed by atoms with Crippen LogP contribution in [0.2, 0.25) is 5.02 Å². The molecule has 3 aromatic carbocycles. The van der Waals surface area contributed by atoms with Crippen LogP contribution in [0.1, 0.15) is 40.0 Å². The van der Waals surface area contributed by atoms with Crippen molar-refractivity contribution in [2.24, 2.45) is 0 Å². The van der Waals surface area contributed by atoms with E-state index in [9.17, 15) is 33.2 Å². The van der Waals surface area contributed by atoms with Crippen molar-refractivity contribution in [3.8, 4) is 5.75 Å². The van der Waals surface area contributed by atoms with E-state index in [0.717, 1.165) is 4.90 Å². The summed E-state index contributed by atoms with van der Waals surface area (Å²) in [7, 11) is 1.48. The maximum Gasteiger partial charge on any atom is 0.264 e. The second-order valence-electron chi connectivity index (χ2n) is 13.5. The molecule has 3 aliphatic rings. The van der Waals surface area contributed by atoms with Crippen molar-refractivity contribution in [3.05, 3.63) is 89.0 Å². The number of piperazine rings is 1. The number of aromatic nitrogens is 2. The quantitative estimate of drug-likeness (QED) is 0.120. The van der Waals surface area contributed by atoms with E-state index in [4.69, 9.17) is 16.3 Å². The van der Waals surface area contributed by atoms with Gasteiger partial charge < -0.3 is 25.6 Å². The number of nitrogens with one attached hydrogen (secondary N) is 4. The van der Waals surface area contributed by atoms with Gasteiger partial charge in [-0.3, -0.25) is 43.9 Å². The summed E-state index contributed by atoms with van der Waals surface area (Å²) in [6, 6.07) is 11.3. The van der Waals surface area contributed by atoms with Gasteiger partial charge in [0.25, 0.3) is 11.8 Å². The number of benzene rings is 3. The Balaban J connectivity index is 0.882. The van der Waals surface area contributed by atoms with Crippen LogP contribution in [0.4, 0.5) is 27.3 Å². The molecule has 0 saturated carbocycles. The lowest BCUT2D eigenvalue weighted by Crippen LogP contribution is -2.54. The van der Waals surface area contributed by atoms with Crippen LogP contribution in [0.15, 0.2) is 67.0 Å². The van der Waals surface area contributed by atoms with Gasteiger partial charge in [0.05, 0.1) is 34.5 Å². The Hall–Kier alpha value is -6.46. The van der Waals surface area contributed by atoms with E-state index in [-0.39, 0.29) is 53.8 Å². The number of amides is 6. The fourth-order valence-electron chi connectivity index (χ4n) is 6.95. The number of halogens is 2. The monoisotopic (exact) mass is 797 g/mol. The second-order valence-corrected chi connectivity index (χ2v) is 13.9. The standard InChI is InChI=1S/C39H37ClFN9O7/c1-57-31-20-28-24(36(44-21-43-28)45-22-7-8-26(41)25(40)18-22)19-29(31)46-32(51)6-3-13-48-14-16-49(17-15-48)34(53)11-12-42-27-5-2-4-23-35(27)39(56)50(38(23)55)30-9-10-33(52)47-37(30)54/h2-8,18-21,30,42H,9-17H2,1H3,(H,46,51)(H,43,44,45)(H,47,52,54)/b6-3+. The van der Waals surface area contributed by atoms with Crippen LogP contribution in [0, 0.1) is 5.82 Å². The summed E-state index contributed by atoms with van der Waals surface area (Å²) in [4.78, 5) is 89.9. The van der Waals surface area contributed by atoms with Gasteiger partial charge in [-0.2, -0.15) is 0 Å². The van der Waals surface area contributed by atoms with E-state index in [1.165, 1.54) is 43.8 Å². The lowest BCUT2D eigenvalue weighted by Gasteiger charge is -2.34. The molecule has 4 heterocycles. The minimum absolute atomic E-state index is 0.0263. The molecule has 1 aromatic heterocycles. The molecule has 0 aliphatic carbocycles. The number of carbonyl (C=O) groups is 6. The molecule has 4 N–H and O–H groups in total. The summed E-state index contributed by atoms with van der Waals surface area (Å²) >= 11 is 5.94. The number of methoxy groups -OCH3 is 1. The highest BCUT2D eigenvalue weighted by Gasteiger charge is 2.45. The number of hydrogen-bond donors (Lipinski definition) is 4. The van der Waals surface area contributed by atoms with Gasteiger partial charge in [0.2, 0.25) is 23.6 Å². The van der Waals surface area contributed by atoms with Gasteiger partial charge in [0.15, 0.2) is 0 Å². The molecule has 6 amide bonds. The highest BCUT2D eigenvalue weighted by Crippen LogP contribution is 2.34. The van der Waals surface area contributed by atoms with E-state index in [1.54, 1.807) is 35.2 Å². The zero-order chi connectivity index (χ0) is 40.2. The number of fused-ring (bicyclic) bond motifs is 2. The van der Waals surface area contributed by atoms with Crippen LogP contribution < -0.4 is 26.0 Å². The summed E-state index contributed by atoms with van der Waals surface area (Å²) in [6.45, 7) is 2.86. The molecule has 18 heteroatoms. The maximum absolute atomic E-state index is 13.7. The average Bonchev–Trinajstić information content (AvgIpc) is 3.45. The molecule has 2 saturated heterocycles. The van der Waals surface area contributed by atoms with Crippen molar-refractivity contribution >= 4 is 80.8 Å². The Labute approximate surface area is 330 Å². The van der Waals surface area contributed by atoms with E-state index in [0.29, 0.717) is 72.3 Å². The van der Waals surface area contributed by atoms with Crippen molar-refractivity contribution in [3.63, 3.8) is 0 Å². The van der Waals surface area contributed by atoms with Gasteiger partial charge in [-0.1, -0.05) is 23.7 Å². The second kappa shape index (κ2) is 16.7. The van der Waals surface area contributed by atoms with Gasteiger partial charge in [-0.15, -0.1) is 0 Å². The predicted octanol–water partition coefficient (Wildman–Crippen LogP) is 3.72. The highest BCUT2D eigenvalue weighted by atomic mass is 35.5. The number of rotatable bonds is 12. The molecule has 1 unspecified atom stereocenters. The summed E-state index contributed by atoms with van der Waals surface area (Å²) in [6.07, 6.45) is 4.77. The first-order valence-corrected chi connectivity index (χ1v) is 18.5. The fourth-order valence-corrected chi connectivity index (χ4v) is 7.13. The van der Waals surface area contributed by atoms with Crippen molar-refractivity contribution in [1.29, 1.82) is 0 Å². The number of anilines is 4. The first-order chi connectivity index (χ1) is 27.5. The third kappa shape index (κ3) is 8.39. The van der Waals surface area contributed by atoms with Gasteiger partial charge in [0, 0.05) is 81.0 Å². The molecule has 16 nitrogen and oxygen atoms in total. The van der Waals surface area contributed by atoms with E-state index in [1.807, 2.05) is 0 Å². The maximum atomic E-state index is 13.7. The third-order valence-electron chi connectivity index (χ3n) is 9.88. The van der Waals surface area contributed by atoms with Crippen LogP contribution in [-0.2, 0) is 19.2 Å². The molecule has 0 radical (unpaired) electrons. The fraction of sp³-hybridized carbons (Fsp3) is 0.282. The van der Waals surface area contributed by atoms with Crippen molar-refractivity contribution < 1.29 is 37.9 Å². The summed E-state index contributed by atoms with van der Waals surface area (Å²) in [5.41, 5.74) is 2.13. The summed E-state index contributed by atoms with van der Waals surface area (Å²) in [5, 5.41) is 11.8. The van der Waals surface area contributed by atoms with Crippen molar-refractivity contribution in [2.75, 3.05) is 62.3 Å². The molecule has 7 rings (SSSR count). The smallest absolute Gasteiger partial charge is 0.264 e. The van der Waals surface area contributed by atoms with Gasteiger partial charge in [0.1, 0.15) is 29.8 Å². The molecule has 2 fully saturated rings. The summed E-state index contributed by atoms with van der Waals surface area (Å²) in [5.74, 6) is -2.55. The first-order valence-electron chi connectivity index (χ1n) is 18.1. The van der Waals surface area contributed by atoms with E-state index < -0.39 is 35.5 Å². The van der Waals surface area contributed by atoms with E-state index >= 15 is 0 Å². The topological polar surface area (TPSA) is 195 Å².